The highest BCUT2D eigenvalue weighted by Gasteiger charge is 2.26. The molecule has 1 saturated heterocycles. The summed E-state index contributed by atoms with van der Waals surface area (Å²) in [4.78, 5) is 2.63. The third kappa shape index (κ3) is 3.67. The highest BCUT2D eigenvalue weighted by Crippen LogP contribution is 2.18. The van der Waals surface area contributed by atoms with Crippen molar-refractivity contribution in [3.63, 3.8) is 0 Å². The van der Waals surface area contributed by atoms with Gasteiger partial charge in [-0.2, -0.15) is 0 Å². The summed E-state index contributed by atoms with van der Waals surface area (Å²) >= 11 is 0. The molecule has 0 aromatic carbocycles. The Labute approximate surface area is 106 Å². The number of hydrogen-bond donors (Lipinski definition) is 1. The lowest BCUT2D eigenvalue weighted by atomic mass is 10.1. The minimum absolute atomic E-state index is 0.629. The molecule has 100 valence electrons. The molecule has 3 heteroatoms. The number of hydrogen-bond acceptors (Lipinski definition) is 3. The minimum Gasteiger partial charge on any atom is -0.378 e. The summed E-state index contributed by atoms with van der Waals surface area (Å²) in [5.74, 6) is 0. The number of rotatable bonds is 5. The zero-order valence-corrected chi connectivity index (χ0v) is 11.5. The second-order valence-corrected chi connectivity index (χ2v) is 5.61. The lowest BCUT2D eigenvalue weighted by Crippen LogP contribution is -2.53. The lowest BCUT2D eigenvalue weighted by molar-refractivity contribution is -0.0266. The molecule has 0 amide bonds. The van der Waals surface area contributed by atoms with Gasteiger partial charge < -0.3 is 10.1 Å². The maximum atomic E-state index is 5.57. The molecule has 0 bridgehead atoms. The average Bonchev–Trinajstić information content (AvgIpc) is 2.89. The predicted molar refractivity (Wildman–Crippen MR) is 71.3 cm³/mol. The molecule has 1 aliphatic carbocycles. The third-order valence-corrected chi connectivity index (χ3v) is 4.37. The van der Waals surface area contributed by atoms with Crippen molar-refractivity contribution in [1.82, 2.24) is 10.2 Å². The van der Waals surface area contributed by atoms with Crippen molar-refractivity contribution in [3.8, 4) is 0 Å². The van der Waals surface area contributed by atoms with Gasteiger partial charge in [0.1, 0.15) is 0 Å². The van der Waals surface area contributed by atoms with Gasteiger partial charge in [-0.15, -0.1) is 0 Å². The van der Waals surface area contributed by atoms with Crippen LogP contribution in [0, 0.1) is 0 Å². The SMILES string of the molecule is CCC1COCCN1C(C)CNC1CCCC1. The standard InChI is InChI=1S/C14H28N2O/c1-3-14-11-17-9-8-16(14)12(2)10-15-13-6-4-5-7-13/h12-15H,3-11H2,1-2H3. The Morgan fingerprint density at radius 3 is 2.82 bits per heavy atom. The summed E-state index contributed by atoms with van der Waals surface area (Å²) in [6, 6.07) is 2.06. The zero-order valence-electron chi connectivity index (χ0n) is 11.5. The monoisotopic (exact) mass is 240 g/mol. The maximum absolute atomic E-state index is 5.57. The Morgan fingerprint density at radius 2 is 2.12 bits per heavy atom. The van der Waals surface area contributed by atoms with E-state index in [9.17, 15) is 0 Å². The molecule has 0 aromatic heterocycles. The van der Waals surface area contributed by atoms with E-state index >= 15 is 0 Å². The largest absolute Gasteiger partial charge is 0.378 e. The first-order valence-corrected chi connectivity index (χ1v) is 7.38. The molecule has 2 fully saturated rings. The van der Waals surface area contributed by atoms with Crippen LogP contribution in [-0.4, -0.2) is 49.3 Å². The van der Waals surface area contributed by atoms with E-state index in [-0.39, 0.29) is 0 Å². The van der Waals surface area contributed by atoms with Crippen molar-refractivity contribution >= 4 is 0 Å². The van der Waals surface area contributed by atoms with E-state index in [2.05, 4.69) is 24.1 Å². The van der Waals surface area contributed by atoms with Crippen LogP contribution in [0.1, 0.15) is 46.0 Å². The fourth-order valence-electron chi connectivity index (χ4n) is 3.18. The van der Waals surface area contributed by atoms with E-state index in [4.69, 9.17) is 4.74 Å². The number of nitrogens with zero attached hydrogens (tertiary/aromatic N) is 1. The molecule has 1 aliphatic heterocycles. The Kier molecular flexibility index (Phi) is 5.26. The van der Waals surface area contributed by atoms with Gasteiger partial charge >= 0.3 is 0 Å². The van der Waals surface area contributed by atoms with Gasteiger partial charge in [-0.3, -0.25) is 4.90 Å². The van der Waals surface area contributed by atoms with Crippen LogP contribution in [0.4, 0.5) is 0 Å². The number of nitrogens with one attached hydrogen (secondary N) is 1. The first-order valence-electron chi connectivity index (χ1n) is 7.38. The lowest BCUT2D eigenvalue weighted by Gasteiger charge is -2.39. The molecule has 2 rings (SSSR count). The maximum Gasteiger partial charge on any atom is 0.0622 e. The predicted octanol–water partition coefficient (Wildman–Crippen LogP) is 2.02. The Morgan fingerprint density at radius 1 is 1.35 bits per heavy atom. The van der Waals surface area contributed by atoms with Gasteiger partial charge in [0, 0.05) is 31.2 Å². The van der Waals surface area contributed by atoms with Gasteiger partial charge in [0.05, 0.1) is 13.2 Å². The Balaban J connectivity index is 1.74. The molecule has 2 unspecified atom stereocenters. The van der Waals surface area contributed by atoms with Crippen molar-refractivity contribution in [2.24, 2.45) is 0 Å². The quantitative estimate of drug-likeness (QED) is 0.795. The Hall–Kier alpha value is -0.120. The van der Waals surface area contributed by atoms with Crippen molar-refractivity contribution < 1.29 is 4.74 Å². The summed E-state index contributed by atoms with van der Waals surface area (Å²) in [6.45, 7) is 8.70. The minimum atomic E-state index is 0.629. The van der Waals surface area contributed by atoms with Crippen LogP contribution in [0.25, 0.3) is 0 Å². The summed E-state index contributed by atoms with van der Waals surface area (Å²) in [6.07, 6.45) is 6.80. The van der Waals surface area contributed by atoms with Crippen LogP contribution >= 0.6 is 0 Å². The fourth-order valence-corrected chi connectivity index (χ4v) is 3.18. The van der Waals surface area contributed by atoms with E-state index in [1.807, 2.05) is 0 Å². The molecule has 0 aromatic rings. The fraction of sp³-hybridized carbons (Fsp3) is 1.00. The number of morpholine rings is 1. The molecular weight excluding hydrogens is 212 g/mol. The number of ether oxygens (including phenoxy) is 1. The first-order chi connectivity index (χ1) is 8.31. The van der Waals surface area contributed by atoms with Crippen molar-refractivity contribution in [1.29, 1.82) is 0 Å². The summed E-state index contributed by atoms with van der Waals surface area (Å²) in [5.41, 5.74) is 0. The van der Waals surface area contributed by atoms with E-state index < -0.39 is 0 Å². The van der Waals surface area contributed by atoms with E-state index in [1.165, 1.54) is 32.1 Å². The molecular formula is C14H28N2O. The topological polar surface area (TPSA) is 24.5 Å². The van der Waals surface area contributed by atoms with Gasteiger partial charge in [0.2, 0.25) is 0 Å². The van der Waals surface area contributed by atoms with Crippen LogP contribution in [0.5, 0.6) is 0 Å². The van der Waals surface area contributed by atoms with Crippen molar-refractivity contribution in [2.45, 2.75) is 64.1 Å². The Bertz CT molecular complexity index is 216. The highest BCUT2D eigenvalue weighted by molar-refractivity contribution is 4.82. The normalized spacial score (nSPS) is 29.6. The second-order valence-electron chi connectivity index (χ2n) is 5.61. The molecule has 1 heterocycles. The van der Waals surface area contributed by atoms with Crippen LogP contribution in [0.15, 0.2) is 0 Å². The smallest absolute Gasteiger partial charge is 0.0622 e. The molecule has 0 spiro atoms. The summed E-state index contributed by atoms with van der Waals surface area (Å²) in [7, 11) is 0. The highest BCUT2D eigenvalue weighted by atomic mass is 16.5. The van der Waals surface area contributed by atoms with Gasteiger partial charge in [-0.25, -0.2) is 0 Å². The molecule has 17 heavy (non-hydrogen) atoms. The molecule has 1 saturated carbocycles. The van der Waals surface area contributed by atoms with Gasteiger partial charge in [-0.05, 0) is 26.2 Å². The molecule has 1 N–H and O–H groups in total. The van der Waals surface area contributed by atoms with Crippen LogP contribution in [0.3, 0.4) is 0 Å². The van der Waals surface area contributed by atoms with Crippen molar-refractivity contribution in [2.75, 3.05) is 26.3 Å². The van der Waals surface area contributed by atoms with Crippen molar-refractivity contribution in [3.05, 3.63) is 0 Å². The first kappa shape index (κ1) is 13.3. The van der Waals surface area contributed by atoms with Crippen LogP contribution in [-0.2, 0) is 4.74 Å². The van der Waals surface area contributed by atoms with E-state index in [0.29, 0.717) is 12.1 Å². The summed E-state index contributed by atoms with van der Waals surface area (Å²) < 4.78 is 5.57. The van der Waals surface area contributed by atoms with Crippen LogP contribution < -0.4 is 5.32 Å². The molecule has 2 atom stereocenters. The van der Waals surface area contributed by atoms with Gasteiger partial charge in [0.15, 0.2) is 0 Å². The van der Waals surface area contributed by atoms with E-state index in [1.54, 1.807) is 0 Å². The molecule has 3 nitrogen and oxygen atoms in total. The third-order valence-electron chi connectivity index (χ3n) is 4.37. The summed E-state index contributed by atoms with van der Waals surface area (Å²) in [5, 5.41) is 3.74. The average molecular weight is 240 g/mol. The molecule has 2 aliphatic rings. The van der Waals surface area contributed by atoms with Gasteiger partial charge in [0.25, 0.3) is 0 Å². The van der Waals surface area contributed by atoms with Gasteiger partial charge in [-0.1, -0.05) is 19.8 Å². The zero-order chi connectivity index (χ0) is 12.1. The molecule has 0 radical (unpaired) electrons. The second kappa shape index (κ2) is 6.72. The van der Waals surface area contributed by atoms with E-state index in [0.717, 1.165) is 32.3 Å². The van der Waals surface area contributed by atoms with Crippen LogP contribution in [0.2, 0.25) is 0 Å².